The van der Waals surface area contributed by atoms with E-state index < -0.39 is 82.2 Å². The number of esters is 3. The first-order valence-corrected chi connectivity index (χ1v) is 16.7. The molecule has 262 valence electrons. The first-order valence-electron chi connectivity index (χ1n) is 16.7. The summed E-state index contributed by atoms with van der Waals surface area (Å²) in [4.78, 5) is 54.7. The third-order valence-electron chi connectivity index (χ3n) is 11.6. The lowest BCUT2D eigenvalue weighted by Gasteiger charge is -2.66. The van der Waals surface area contributed by atoms with Crippen molar-refractivity contribution in [3.05, 3.63) is 82.9 Å². The molecule has 3 aliphatic carbocycles. The van der Waals surface area contributed by atoms with Crippen molar-refractivity contribution in [1.29, 1.82) is 0 Å². The van der Waals surface area contributed by atoms with Gasteiger partial charge in [-0.2, -0.15) is 0 Å². The van der Waals surface area contributed by atoms with Gasteiger partial charge in [0.15, 0.2) is 17.5 Å². The summed E-state index contributed by atoms with van der Waals surface area (Å²) < 4.78 is 24.1. The topological polar surface area (TPSA) is 166 Å². The van der Waals surface area contributed by atoms with Crippen LogP contribution in [0.15, 0.2) is 71.8 Å². The number of ketones is 1. The standard InChI is InChI=1S/C38H44O11/c1-21-26(47-34(44)25(40)18-23-12-8-6-9-13-23)19-38(45)32(48-33(43)24-14-10-7-11-15-24)30-36(5,31(42)29(41)28(21)35(38,3)4)17-16-27-37(30,20-46-27)49-22(2)39/h6-15,25-27,29-30,32,40-41,45H,16-20H2,1-5H3/t25-,26+,27-,29-,30?,32+,36-,37+,38-/m1/s1. The molecule has 2 aromatic rings. The van der Waals surface area contributed by atoms with Gasteiger partial charge in [0.2, 0.25) is 0 Å². The number of hydrogen-bond donors (Lipinski definition) is 3. The molecule has 3 fully saturated rings. The van der Waals surface area contributed by atoms with E-state index in [0.29, 0.717) is 17.6 Å². The Morgan fingerprint density at radius 3 is 2.22 bits per heavy atom. The summed E-state index contributed by atoms with van der Waals surface area (Å²) in [6.07, 6.45) is -6.55. The number of fused-ring (bicyclic) bond motifs is 5. The Balaban J connectivity index is 1.50. The van der Waals surface area contributed by atoms with Gasteiger partial charge in [-0.3, -0.25) is 9.59 Å². The molecule has 9 atom stereocenters. The zero-order valence-electron chi connectivity index (χ0n) is 28.4. The maximum absolute atomic E-state index is 14.7. The van der Waals surface area contributed by atoms with E-state index >= 15 is 0 Å². The highest BCUT2D eigenvalue weighted by Crippen LogP contribution is 2.64. The number of aliphatic hydroxyl groups excluding tert-OH is 2. The summed E-state index contributed by atoms with van der Waals surface area (Å²) >= 11 is 0. The lowest BCUT2D eigenvalue weighted by molar-refractivity contribution is -0.332. The monoisotopic (exact) mass is 676 g/mol. The van der Waals surface area contributed by atoms with Gasteiger partial charge < -0.3 is 34.3 Å². The second-order valence-corrected chi connectivity index (χ2v) is 14.7. The van der Waals surface area contributed by atoms with Crippen molar-refractivity contribution in [2.24, 2.45) is 16.7 Å². The third kappa shape index (κ3) is 5.51. The molecule has 2 saturated carbocycles. The molecule has 1 saturated heterocycles. The van der Waals surface area contributed by atoms with Crippen LogP contribution in [0.1, 0.15) is 69.8 Å². The Bertz CT molecular complexity index is 1670. The van der Waals surface area contributed by atoms with Crippen LogP contribution >= 0.6 is 0 Å². The van der Waals surface area contributed by atoms with E-state index in [-0.39, 0.29) is 37.0 Å². The van der Waals surface area contributed by atoms with Crippen molar-refractivity contribution >= 4 is 23.7 Å². The fourth-order valence-electron chi connectivity index (χ4n) is 8.93. The summed E-state index contributed by atoms with van der Waals surface area (Å²) in [5.74, 6) is -4.17. The first-order chi connectivity index (χ1) is 23.1. The Kier molecular flexibility index (Phi) is 8.88. The zero-order chi connectivity index (χ0) is 35.5. The van der Waals surface area contributed by atoms with Crippen LogP contribution in [0.25, 0.3) is 0 Å². The van der Waals surface area contributed by atoms with E-state index in [1.54, 1.807) is 82.3 Å². The summed E-state index contributed by atoms with van der Waals surface area (Å²) in [5.41, 5.74) is -5.12. The molecule has 1 unspecified atom stereocenters. The molecule has 0 radical (unpaired) electrons. The van der Waals surface area contributed by atoms with Crippen molar-refractivity contribution in [2.75, 3.05) is 6.61 Å². The van der Waals surface area contributed by atoms with Crippen LogP contribution in [-0.4, -0.2) is 87.3 Å². The minimum Gasteiger partial charge on any atom is -0.456 e. The molecule has 1 heterocycles. The number of Topliss-reactive ketones (excluding diaryl/α,β-unsaturated/α-hetero) is 1. The van der Waals surface area contributed by atoms with Crippen LogP contribution in [0.2, 0.25) is 0 Å². The fourth-order valence-corrected chi connectivity index (χ4v) is 8.93. The molecule has 2 bridgehead atoms. The van der Waals surface area contributed by atoms with Gasteiger partial charge >= 0.3 is 17.9 Å². The van der Waals surface area contributed by atoms with Crippen molar-refractivity contribution in [3.63, 3.8) is 0 Å². The van der Waals surface area contributed by atoms with Crippen molar-refractivity contribution in [3.8, 4) is 0 Å². The lowest BCUT2D eigenvalue weighted by atomic mass is 9.45. The summed E-state index contributed by atoms with van der Waals surface area (Å²) in [6.45, 7) is 7.68. The number of ether oxygens (including phenoxy) is 4. The average Bonchev–Trinajstić information content (AvgIpc) is 3.05. The molecule has 2 aromatic carbocycles. The molecule has 4 aliphatic rings. The Hall–Kier alpha value is -3.90. The number of rotatable bonds is 7. The quantitative estimate of drug-likeness (QED) is 0.224. The van der Waals surface area contributed by atoms with E-state index in [1.807, 2.05) is 6.07 Å². The van der Waals surface area contributed by atoms with E-state index in [0.717, 1.165) is 0 Å². The third-order valence-corrected chi connectivity index (χ3v) is 11.6. The van der Waals surface area contributed by atoms with Crippen molar-refractivity contribution < 1.29 is 53.4 Å². The Morgan fingerprint density at radius 1 is 1.00 bits per heavy atom. The molecule has 0 spiro atoms. The van der Waals surface area contributed by atoms with Gasteiger partial charge in [-0.15, -0.1) is 0 Å². The van der Waals surface area contributed by atoms with Gasteiger partial charge in [-0.25, -0.2) is 9.59 Å². The van der Waals surface area contributed by atoms with E-state index in [2.05, 4.69) is 0 Å². The SMILES string of the molecule is CC(=O)O[C@@]12CO[C@@H]1CC[C@@]1(C)C(=O)[C@H](O)C3=C(C)[C@@H](OC(=O)[C@H](O)Cc4ccccc4)C[C@@](O)([C@@H](OC(=O)c4ccccc4)C12)C3(C)C. The van der Waals surface area contributed by atoms with E-state index in [4.69, 9.17) is 18.9 Å². The Labute approximate surface area is 285 Å². The highest BCUT2D eigenvalue weighted by molar-refractivity contribution is 5.93. The van der Waals surface area contributed by atoms with Gasteiger partial charge in [0.05, 0.1) is 18.1 Å². The number of carbonyl (C=O) groups is 4. The number of aliphatic hydroxyl groups is 3. The maximum Gasteiger partial charge on any atom is 0.338 e. The summed E-state index contributed by atoms with van der Waals surface area (Å²) in [6, 6.07) is 17.1. The van der Waals surface area contributed by atoms with Gasteiger partial charge in [-0.1, -0.05) is 69.3 Å². The van der Waals surface area contributed by atoms with Crippen LogP contribution < -0.4 is 0 Å². The zero-order valence-corrected chi connectivity index (χ0v) is 28.4. The molecular formula is C38H44O11. The minimum absolute atomic E-state index is 0.0249. The molecule has 0 amide bonds. The Morgan fingerprint density at radius 2 is 1.63 bits per heavy atom. The fraction of sp³-hybridized carbons (Fsp3) is 0.526. The molecule has 0 aromatic heterocycles. The van der Waals surface area contributed by atoms with Crippen molar-refractivity contribution in [1.82, 2.24) is 0 Å². The van der Waals surface area contributed by atoms with Gasteiger partial charge in [0, 0.05) is 30.6 Å². The smallest absolute Gasteiger partial charge is 0.338 e. The molecule has 49 heavy (non-hydrogen) atoms. The van der Waals surface area contributed by atoms with Crippen molar-refractivity contribution in [2.45, 2.75) is 102 Å². The second-order valence-electron chi connectivity index (χ2n) is 14.7. The summed E-state index contributed by atoms with van der Waals surface area (Å²) in [5, 5.41) is 36.1. The molecule has 3 N–H and O–H groups in total. The predicted octanol–water partition coefficient (Wildman–Crippen LogP) is 3.27. The second kappa shape index (κ2) is 12.5. The number of hydrogen-bond acceptors (Lipinski definition) is 11. The molecule has 11 nitrogen and oxygen atoms in total. The van der Waals surface area contributed by atoms with Crippen LogP contribution in [0.3, 0.4) is 0 Å². The van der Waals surface area contributed by atoms with Gasteiger partial charge in [0.25, 0.3) is 0 Å². The highest BCUT2D eigenvalue weighted by Gasteiger charge is 2.76. The normalized spacial score (nSPS) is 35.3. The molecule has 6 rings (SSSR count). The average molecular weight is 677 g/mol. The first kappa shape index (κ1) is 34.9. The largest absolute Gasteiger partial charge is 0.456 e. The molecule has 11 heteroatoms. The minimum atomic E-state index is -2.11. The van der Waals surface area contributed by atoms with Crippen LogP contribution in [0, 0.1) is 16.7 Å². The molecule has 1 aliphatic heterocycles. The number of benzene rings is 2. The number of carbonyl (C=O) groups excluding carboxylic acids is 4. The highest BCUT2D eigenvalue weighted by atomic mass is 16.6. The van der Waals surface area contributed by atoms with Crippen LogP contribution in [0.4, 0.5) is 0 Å². The lowest BCUT2D eigenvalue weighted by Crippen LogP contribution is -2.79. The van der Waals surface area contributed by atoms with E-state index in [1.165, 1.54) is 6.92 Å². The van der Waals surface area contributed by atoms with Crippen LogP contribution in [-0.2, 0) is 39.8 Å². The predicted molar refractivity (Wildman–Crippen MR) is 174 cm³/mol. The summed E-state index contributed by atoms with van der Waals surface area (Å²) in [7, 11) is 0. The maximum atomic E-state index is 14.7. The van der Waals surface area contributed by atoms with E-state index in [9.17, 15) is 34.5 Å². The van der Waals surface area contributed by atoms with Gasteiger partial charge in [0.1, 0.15) is 30.0 Å². The molecular weight excluding hydrogens is 632 g/mol. The van der Waals surface area contributed by atoms with Crippen LogP contribution in [0.5, 0.6) is 0 Å². The van der Waals surface area contributed by atoms with Gasteiger partial charge in [-0.05, 0) is 48.6 Å².